The van der Waals surface area contributed by atoms with Crippen molar-refractivity contribution in [2.75, 3.05) is 11.9 Å². The SMILES string of the molecule is C[C@H](NC(=O)Nc1ccc(-n2nccc2C(F)(F)F)cc1)[C@H]1CCCO1. The van der Waals surface area contributed by atoms with E-state index < -0.39 is 17.9 Å². The molecule has 6 nitrogen and oxygen atoms in total. The molecule has 2 atom stereocenters. The van der Waals surface area contributed by atoms with Crippen molar-refractivity contribution in [3.8, 4) is 5.69 Å². The lowest BCUT2D eigenvalue weighted by molar-refractivity contribution is -0.142. The summed E-state index contributed by atoms with van der Waals surface area (Å²) < 4.78 is 45.1. The molecule has 26 heavy (non-hydrogen) atoms. The third-order valence-electron chi connectivity index (χ3n) is 4.18. The van der Waals surface area contributed by atoms with Crippen molar-refractivity contribution in [2.24, 2.45) is 0 Å². The molecule has 3 rings (SSSR count). The molecule has 2 N–H and O–H groups in total. The van der Waals surface area contributed by atoms with Crippen molar-refractivity contribution in [1.29, 1.82) is 0 Å². The number of nitrogens with one attached hydrogen (secondary N) is 2. The van der Waals surface area contributed by atoms with Gasteiger partial charge in [0.15, 0.2) is 0 Å². The second-order valence-electron chi connectivity index (χ2n) is 6.11. The number of hydrogen-bond acceptors (Lipinski definition) is 3. The van der Waals surface area contributed by atoms with Crippen LogP contribution in [0.5, 0.6) is 0 Å². The van der Waals surface area contributed by atoms with Crippen LogP contribution in [0.15, 0.2) is 36.5 Å². The number of anilines is 1. The van der Waals surface area contributed by atoms with Crippen LogP contribution in [-0.2, 0) is 10.9 Å². The fourth-order valence-electron chi connectivity index (χ4n) is 2.87. The lowest BCUT2D eigenvalue weighted by Gasteiger charge is -2.20. The number of carbonyl (C=O) groups is 1. The molecule has 2 amide bonds. The zero-order valence-electron chi connectivity index (χ0n) is 14.1. The molecule has 1 saturated heterocycles. The molecule has 2 aromatic rings. The summed E-state index contributed by atoms with van der Waals surface area (Å²) in [4.78, 5) is 12.0. The zero-order valence-corrected chi connectivity index (χ0v) is 14.1. The molecule has 0 unspecified atom stereocenters. The number of aromatic nitrogens is 2. The average molecular weight is 368 g/mol. The summed E-state index contributed by atoms with van der Waals surface area (Å²) in [6, 6.07) is 6.35. The van der Waals surface area contributed by atoms with Gasteiger partial charge in [-0.2, -0.15) is 18.3 Å². The number of ether oxygens (including phenoxy) is 1. The normalized spacial score (nSPS) is 18.5. The van der Waals surface area contributed by atoms with Crippen LogP contribution in [0.25, 0.3) is 5.69 Å². The van der Waals surface area contributed by atoms with Gasteiger partial charge < -0.3 is 15.4 Å². The van der Waals surface area contributed by atoms with Gasteiger partial charge in [0.25, 0.3) is 0 Å². The maximum absolute atomic E-state index is 12.9. The minimum atomic E-state index is -4.49. The van der Waals surface area contributed by atoms with Crippen molar-refractivity contribution in [2.45, 2.75) is 38.1 Å². The average Bonchev–Trinajstić information content (AvgIpc) is 3.27. The summed E-state index contributed by atoms with van der Waals surface area (Å²) >= 11 is 0. The highest BCUT2D eigenvalue weighted by molar-refractivity contribution is 5.89. The first-order valence-electron chi connectivity index (χ1n) is 8.25. The van der Waals surface area contributed by atoms with E-state index in [9.17, 15) is 18.0 Å². The summed E-state index contributed by atoms with van der Waals surface area (Å²) in [6.45, 7) is 2.57. The molecule has 140 valence electrons. The largest absolute Gasteiger partial charge is 0.433 e. The maximum atomic E-state index is 12.9. The van der Waals surface area contributed by atoms with Gasteiger partial charge in [-0.3, -0.25) is 0 Å². The second-order valence-corrected chi connectivity index (χ2v) is 6.11. The standard InChI is InChI=1S/C17H19F3N4O2/c1-11(14-3-2-10-26-14)22-16(25)23-12-4-6-13(7-5-12)24-15(8-9-21-24)17(18,19)20/h4-9,11,14H,2-3,10H2,1H3,(H2,22,23,25)/t11-,14+/m0/s1. The molecular weight excluding hydrogens is 349 g/mol. The molecule has 1 aromatic carbocycles. The minimum absolute atomic E-state index is 0.00345. The predicted octanol–water partition coefficient (Wildman–Crippen LogP) is 3.58. The number of nitrogens with zero attached hydrogens (tertiary/aromatic N) is 2. The van der Waals surface area contributed by atoms with E-state index in [2.05, 4.69) is 15.7 Å². The molecule has 9 heteroatoms. The number of carbonyl (C=O) groups excluding carboxylic acids is 1. The fraction of sp³-hybridized carbons (Fsp3) is 0.412. The number of alkyl halides is 3. The second kappa shape index (κ2) is 7.36. The van der Waals surface area contributed by atoms with Crippen molar-refractivity contribution in [3.05, 3.63) is 42.2 Å². The number of amides is 2. The Morgan fingerprint density at radius 2 is 2.04 bits per heavy atom. The smallest absolute Gasteiger partial charge is 0.376 e. The number of halogens is 3. The highest BCUT2D eigenvalue weighted by Gasteiger charge is 2.35. The van der Waals surface area contributed by atoms with Gasteiger partial charge in [-0.25, -0.2) is 9.48 Å². The highest BCUT2D eigenvalue weighted by atomic mass is 19.4. The number of urea groups is 1. The van der Waals surface area contributed by atoms with Gasteiger partial charge in [0, 0.05) is 12.3 Å². The van der Waals surface area contributed by atoms with Crippen LogP contribution in [0.2, 0.25) is 0 Å². The van der Waals surface area contributed by atoms with Crippen molar-refractivity contribution < 1.29 is 22.7 Å². The maximum Gasteiger partial charge on any atom is 0.433 e. The van der Waals surface area contributed by atoms with E-state index in [-0.39, 0.29) is 17.8 Å². The Balaban J connectivity index is 1.63. The van der Waals surface area contributed by atoms with Gasteiger partial charge in [-0.05, 0) is 50.1 Å². The van der Waals surface area contributed by atoms with Crippen molar-refractivity contribution in [1.82, 2.24) is 15.1 Å². The number of rotatable bonds is 4. The molecule has 1 aliphatic heterocycles. The molecule has 0 bridgehead atoms. The lowest BCUT2D eigenvalue weighted by Crippen LogP contribution is -2.42. The van der Waals surface area contributed by atoms with E-state index in [1.807, 2.05) is 6.92 Å². The third-order valence-corrected chi connectivity index (χ3v) is 4.18. The Kier molecular flexibility index (Phi) is 5.17. The van der Waals surface area contributed by atoms with Crippen LogP contribution in [0.1, 0.15) is 25.5 Å². The van der Waals surface area contributed by atoms with E-state index in [1.165, 1.54) is 24.3 Å². The monoisotopic (exact) mass is 368 g/mol. The predicted molar refractivity (Wildman–Crippen MR) is 89.2 cm³/mol. The summed E-state index contributed by atoms with van der Waals surface area (Å²) in [5.74, 6) is 0. The Labute approximate surface area is 148 Å². The van der Waals surface area contributed by atoms with Crippen LogP contribution < -0.4 is 10.6 Å². The Morgan fingerprint density at radius 3 is 2.65 bits per heavy atom. The first-order valence-corrected chi connectivity index (χ1v) is 8.25. The molecule has 1 aliphatic rings. The van der Waals surface area contributed by atoms with Crippen LogP contribution in [-0.4, -0.2) is 34.6 Å². The van der Waals surface area contributed by atoms with Crippen molar-refractivity contribution in [3.63, 3.8) is 0 Å². The zero-order chi connectivity index (χ0) is 18.7. The van der Waals surface area contributed by atoms with Gasteiger partial charge >= 0.3 is 12.2 Å². The van der Waals surface area contributed by atoms with Crippen LogP contribution in [0, 0.1) is 0 Å². The molecule has 0 radical (unpaired) electrons. The number of benzene rings is 1. The molecule has 0 aliphatic carbocycles. The van der Waals surface area contributed by atoms with Crippen LogP contribution in [0.4, 0.5) is 23.7 Å². The van der Waals surface area contributed by atoms with Gasteiger partial charge in [0.2, 0.25) is 0 Å². The Morgan fingerprint density at radius 1 is 1.31 bits per heavy atom. The van der Waals surface area contributed by atoms with Gasteiger partial charge in [-0.1, -0.05) is 0 Å². The molecule has 1 fully saturated rings. The van der Waals surface area contributed by atoms with E-state index in [4.69, 9.17) is 4.74 Å². The van der Waals surface area contributed by atoms with Crippen molar-refractivity contribution >= 4 is 11.7 Å². The summed E-state index contributed by atoms with van der Waals surface area (Å²) in [5.41, 5.74) is -0.145. The van der Waals surface area contributed by atoms with Gasteiger partial charge in [0.05, 0.1) is 24.0 Å². The van der Waals surface area contributed by atoms with Gasteiger partial charge in [0.1, 0.15) is 5.69 Å². The van der Waals surface area contributed by atoms with E-state index in [0.717, 1.165) is 29.8 Å². The third kappa shape index (κ3) is 4.16. The fourth-order valence-corrected chi connectivity index (χ4v) is 2.87. The van der Waals surface area contributed by atoms with E-state index >= 15 is 0 Å². The van der Waals surface area contributed by atoms with Crippen LogP contribution in [0.3, 0.4) is 0 Å². The first-order chi connectivity index (χ1) is 12.3. The molecule has 0 spiro atoms. The first kappa shape index (κ1) is 18.2. The molecule has 1 aromatic heterocycles. The summed E-state index contributed by atoms with van der Waals surface area (Å²) in [6.07, 6.45) is -1.52. The van der Waals surface area contributed by atoms with Gasteiger partial charge in [-0.15, -0.1) is 0 Å². The van der Waals surface area contributed by atoms with Crippen LogP contribution >= 0.6 is 0 Å². The quantitative estimate of drug-likeness (QED) is 0.867. The summed E-state index contributed by atoms with van der Waals surface area (Å²) in [7, 11) is 0. The Bertz CT molecular complexity index is 752. The molecule has 0 saturated carbocycles. The topological polar surface area (TPSA) is 68.2 Å². The molecular formula is C17H19F3N4O2. The highest BCUT2D eigenvalue weighted by Crippen LogP contribution is 2.30. The summed E-state index contributed by atoms with van der Waals surface area (Å²) in [5, 5.41) is 9.17. The van der Waals surface area contributed by atoms with E-state index in [0.29, 0.717) is 12.3 Å². The van der Waals surface area contributed by atoms with E-state index in [1.54, 1.807) is 0 Å². The lowest BCUT2D eigenvalue weighted by atomic mass is 10.1. The molecule has 2 heterocycles. The minimum Gasteiger partial charge on any atom is -0.376 e. The number of hydrogen-bond donors (Lipinski definition) is 2. The Hall–Kier alpha value is -2.55.